The summed E-state index contributed by atoms with van der Waals surface area (Å²) in [6, 6.07) is 9.64. The molecule has 5 rings (SSSR count). The number of hydrogen-bond acceptors (Lipinski definition) is 10. The summed E-state index contributed by atoms with van der Waals surface area (Å²) in [6.45, 7) is 3.35. The molecular formula is C26H29ClN6O5. The van der Waals surface area contributed by atoms with Gasteiger partial charge in [0.05, 0.1) is 57.3 Å². The number of fused-ring (bicyclic) bond motifs is 1. The van der Waals surface area contributed by atoms with E-state index in [4.69, 9.17) is 30.5 Å². The summed E-state index contributed by atoms with van der Waals surface area (Å²) in [7, 11) is 4.85. The maximum Gasteiger partial charge on any atom is 0.414 e. The van der Waals surface area contributed by atoms with E-state index in [1.165, 1.54) is 11.1 Å². The zero-order valence-corrected chi connectivity index (χ0v) is 22.2. The molecule has 0 radical (unpaired) electrons. The molecule has 0 bridgehead atoms. The second kappa shape index (κ2) is 11.2. The molecule has 1 saturated heterocycles. The van der Waals surface area contributed by atoms with Gasteiger partial charge in [0.25, 0.3) is 0 Å². The minimum atomic E-state index is -0.406. The van der Waals surface area contributed by atoms with Crippen molar-refractivity contribution in [3.8, 4) is 11.5 Å². The van der Waals surface area contributed by atoms with Gasteiger partial charge in [-0.05, 0) is 23.8 Å². The molecule has 0 aliphatic carbocycles. The zero-order valence-electron chi connectivity index (χ0n) is 21.4. The third kappa shape index (κ3) is 5.34. The number of anilines is 6. The number of amides is 1. The van der Waals surface area contributed by atoms with Crippen LogP contribution in [0.1, 0.15) is 5.56 Å². The van der Waals surface area contributed by atoms with Gasteiger partial charge in [-0.1, -0.05) is 11.6 Å². The van der Waals surface area contributed by atoms with Gasteiger partial charge in [0.1, 0.15) is 16.5 Å². The van der Waals surface area contributed by atoms with Crippen molar-refractivity contribution >= 4 is 52.2 Å². The quantitative estimate of drug-likeness (QED) is 0.441. The second-order valence-corrected chi connectivity index (χ2v) is 9.14. The van der Waals surface area contributed by atoms with Crippen molar-refractivity contribution in [2.45, 2.75) is 6.42 Å². The van der Waals surface area contributed by atoms with Crippen molar-refractivity contribution < 1.29 is 23.7 Å². The zero-order chi connectivity index (χ0) is 26.6. The van der Waals surface area contributed by atoms with Crippen LogP contribution in [-0.2, 0) is 15.9 Å². The Labute approximate surface area is 225 Å². The summed E-state index contributed by atoms with van der Waals surface area (Å²) in [6.07, 6.45) is 1.68. The predicted molar refractivity (Wildman–Crippen MR) is 146 cm³/mol. The van der Waals surface area contributed by atoms with Gasteiger partial charge in [0.2, 0.25) is 5.95 Å². The molecule has 0 spiro atoms. The summed E-state index contributed by atoms with van der Waals surface area (Å²) in [4.78, 5) is 24.8. The van der Waals surface area contributed by atoms with Gasteiger partial charge in [-0.2, -0.15) is 4.98 Å². The van der Waals surface area contributed by atoms with Crippen LogP contribution in [0.5, 0.6) is 11.5 Å². The number of nitrogens with zero attached hydrogens (tertiary/aromatic N) is 4. The molecule has 2 aromatic carbocycles. The maximum absolute atomic E-state index is 12.1. The van der Waals surface area contributed by atoms with Crippen LogP contribution >= 0.6 is 11.6 Å². The normalized spacial score (nSPS) is 15.3. The van der Waals surface area contributed by atoms with Crippen molar-refractivity contribution in [1.29, 1.82) is 0 Å². The van der Waals surface area contributed by atoms with E-state index in [-0.39, 0.29) is 0 Å². The van der Waals surface area contributed by atoms with E-state index in [1.54, 1.807) is 27.3 Å². The number of nitrogens with one attached hydrogen (secondary N) is 2. The van der Waals surface area contributed by atoms with Crippen LogP contribution in [0.2, 0.25) is 5.02 Å². The van der Waals surface area contributed by atoms with E-state index >= 15 is 0 Å². The van der Waals surface area contributed by atoms with E-state index < -0.39 is 6.09 Å². The Morgan fingerprint density at radius 1 is 1.00 bits per heavy atom. The summed E-state index contributed by atoms with van der Waals surface area (Å²) in [5.41, 5.74) is 4.07. The number of carbonyl (C=O) groups excluding carboxylic acids is 1. The third-order valence-corrected chi connectivity index (χ3v) is 6.71. The summed E-state index contributed by atoms with van der Waals surface area (Å²) >= 11 is 6.44. The third-order valence-electron chi connectivity index (χ3n) is 6.44. The molecule has 1 amide bonds. The number of aromatic nitrogens is 2. The van der Waals surface area contributed by atoms with Crippen LogP contribution in [0.15, 0.2) is 36.5 Å². The molecule has 12 heteroatoms. The highest BCUT2D eigenvalue weighted by atomic mass is 35.5. The Bertz CT molecular complexity index is 1330. The van der Waals surface area contributed by atoms with Crippen LogP contribution in [-0.4, -0.2) is 70.2 Å². The number of carbonyl (C=O) groups is 1. The van der Waals surface area contributed by atoms with E-state index in [1.807, 2.05) is 24.3 Å². The lowest BCUT2D eigenvalue weighted by Gasteiger charge is -2.29. The van der Waals surface area contributed by atoms with Crippen LogP contribution < -0.4 is 29.9 Å². The number of morpholine rings is 1. The van der Waals surface area contributed by atoms with E-state index in [0.717, 1.165) is 30.0 Å². The Balaban J connectivity index is 1.40. The number of methoxy groups -OCH3 is 2. The Morgan fingerprint density at radius 2 is 1.76 bits per heavy atom. The lowest BCUT2D eigenvalue weighted by molar-refractivity contribution is 0.122. The molecule has 11 nitrogen and oxygen atoms in total. The molecule has 1 fully saturated rings. The minimum absolute atomic E-state index is 0.291. The molecule has 0 atom stereocenters. The van der Waals surface area contributed by atoms with Crippen molar-refractivity contribution in [1.82, 2.24) is 9.97 Å². The molecule has 2 N–H and O–H groups in total. The molecule has 3 heterocycles. The first-order valence-corrected chi connectivity index (χ1v) is 12.5. The molecule has 0 saturated carbocycles. The SMILES string of the molecule is COc1cc2c(cc1Nc1ncc(Cl)c(Nc3ccc(N4CCOCC4)cc3OC)n1)CCOC(=O)N2C. The topological polar surface area (TPSA) is 110 Å². The molecule has 1 aromatic heterocycles. The van der Waals surface area contributed by atoms with E-state index in [0.29, 0.717) is 65.9 Å². The Kier molecular flexibility index (Phi) is 7.57. The number of ether oxygens (including phenoxy) is 4. The maximum atomic E-state index is 12.1. The predicted octanol–water partition coefficient (Wildman–Crippen LogP) is 4.60. The smallest absolute Gasteiger partial charge is 0.414 e. The van der Waals surface area contributed by atoms with Crippen LogP contribution in [0.25, 0.3) is 0 Å². The minimum Gasteiger partial charge on any atom is -0.494 e. The van der Waals surface area contributed by atoms with Crippen LogP contribution in [0.4, 0.5) is 39.3 Å². The van der Waals surface area contributed by atoms with Gasteiger partial charge in [0.15, 0.2) is 5.82 Å². The summed E-state index contributed by atoms with van der Waals surface area (Å²) in [5, 5.41) is 6.82. The molecule has 200 valence electrons. The van der Waals surface area contributed by atoms with E-state index in [9.17, 15) is 4.79 Å². The van der Waals surface area contributed by atoms with Gasteiger partial charge >= 0.3 is 6.09 Å². The molecule has 0 unspecified atom stereocenters. The summed E-state index contributed by atoms with van der Waals surface area (Å²) in [5.74, 6) is 1.91. The van der Waals surface area contributed by atoms with Crippen molar-refractivity contribution in [3.05, 3.63) is 47.1 Å². The molecule has 2 aliphatic rings. The van der Waals surface area contributed by atoms with Crippen molar-refractivity contribution in [2.75, 3.05) is 74.6 Å². The average molecular weight is 541 g/mol. The molecule has 3 aromatic rings. The van der Waals surface area contributed by atoms with Crippen LogP contribution in [0, 0.1) is 0 Å². The molecule has 2 aliphatic heterocycles. The first-order chi connectivity index (χ1) is 18.5. The fourth-order valence-corrected chi connectivity index (χ4v) is 4.54. The lowest BCUT2D eigenvalue weighted by atomic mass is 10.1. The van der Waals surface area contributed by atoms with Gasteiger partial charge in [0, 0.05) is 44.4 Å². The number of cyclic esters (lactones) is 1. The number of halogens is 1. The Morgan fingerprint density at radius 3 is 2.53 bits per heavy atom. The highest BCUT2D eigenvalue weighted by molar-refractivity contribution is 6.33. The van der Waals surface area contributed by atoms with E-state index in [2.05, 4.69) is 25.5 Å². The standard InChI is InChI=1S/C26H29ClN6O5/c1-32-21-14-23(36-3)20(12-16(21)6-9-38-26(32)34)30-25-28-15-18(27)24(31-25)29-19-5-4-17(13-22(19)35-2)33-7-10-37-11-8-33/h4-5,12-15H,6-11H2,1-3H3,(H2,28,29,30,31). The lowest BCUT2D eigenvalue weighted by Crippen LogP contribution is -2.36. The molecule has 38 heavy (non-hydrogen) atoms. The first kappa shape index (κ1) is 25.7. The largest absolute Gasteiger partial charge is 0.494 e. The number of rotatable bonds is 7. The van der Waals surface area contributed by atoms with Gasteiger partial charge in [-0.25, -0.2) is 9.78 Å². The van der Waals surface area contributed by atoms with Crippen molar-refractivity contribution in [3.63, 3.8) is 0 Å². The first-order valence-electron chi connectivity index (χ1n) is 12.2. The van der Waals surface area contributed by atoms with Gasteiger partial charge in [-0.3, -0.25) is 4.90 Å². The Hall–Kier alpha value is -3.96. The molecular weight excluding hydrogens is 512 g/mol. The van der Waals surface area contributed by atoms with Gasteiger partial charge < -0.3 is 34.5 Å². The number of hydrogen-bond donors (Lipinski definition) is 2. The van der Waals surface area contributed by atoms with Crippen LogP contribution in [0.3, 0.4) is 0 Å². The fourth-order valence-electron chi connectivity index (χ4n) is 4.40. The monoisotopic (exact) mass is 540 g/mol. The average Bonchev–Trinajstić information content (AvgIpc) is 3.08. The highest BCUT2D eigenvalue weighted by Gasteiger charge is 2.23. The summed E-state index contributed by atoms with van der Waals surface area (Å²) < 4.78 is 21.9. The highest BCUT2D eigenvalue weighted by Crippen LogP contribution is 2.37. The second-order valence-electron chi connectivity index (χ2n) is 8.73. The van der Waals surface area contributed by atoms with Gasteiger partial charge in [-0.15, -0.1) is 0 Å². The van der Waals surface area contributed by atoms with Crippen molar-refractivity contribution in [2.24, 2.45) is 0 Å². The number of benzene rings is 2. The fraction of sp³-hybridized carbons (Fsp3) is 0.346.